The first-order valence-electron chi connectivity index (χ1n) is 9.55. The molecule has 1 heterocycles. The monoisotopic (exact) mass is 428 g/mol. The Morgan fingerprint density at radius 1 is 1.03 bits per heavy atom. The van der Waals surface area contributed by atoms with Crippen molar-refractivity contribution in [2.45, 2.75) is 25.2 Å². The van der Waals surface area contributed by atoms with Crippen molar-refractivity contribution in [3.8, 4) is 11.5 Å². The van der Waals surface area contributed by atoms with Crippen molar-refractivity contribution in [1.29, 1.82) is 0 Å². The van der Waals surface area contributed by atoms with Gasteiger partial charge in [0.2, 0.25) is 5.91 Å². The fourth-order valence-corrected chi connectivity index (χ4v) is 3.31. The van der Waals surface area contributed by atoms with Gasteiger partial charge in [-0.05, 0) is 17.7 Å². The number of alkyl carbamates (subject to hydrolysis) is 1. The largest absolute Gasteiger partial charge is 0.497 e. The van der Waals surface area contributed by atoms with Crippen LogP contribution in [0.5, 0.6) is 11.5 Å². The van der Waals surface area contributed by atoms with Gasteiger partial charge in [0.1, 0.15) is 24.1 Å². The highest BCUT2D eigenvalue weighted by molar-refractivity contribution is 6.01. The van der Waals surface area contributed by atoms with Crippen LogP contribution in [0.4, 0.5) is 4.79 Å². The lowest BCUT2D eigenvalue weighted by atomic mass is 9.94. The van der Waals surface area contributed by atoms with E-state index in [0.29, 0.717) is 17.1 Å². The van der Waals surface area contributed by atoms with Crippen molar-refractivity contribution in [2.24, 2.45) is 0 Å². The Morgan fingerprint density at radius 2 is 1.77 bits per heavy atom. The van der Waals surface area contributed by atoms with Crippen molar-refractivity contribution < 1.29 is 33.3 Å². The van der Waals surface area contributed by atoms with Crippen LogP contribution in [-0.4, -0.2) is 56.3 Å². The van der Waals surface area contributed by atoms with Crippen LogP contribution in [0, 0.1) is 0 Å². The minimum Gasteiger partial charge on any atom is -0.497 e. The normalized spacial score (nSPS) is 17.4. The smallest absolute Gasteiger partial charge is 0.408 e. The number of likely N-dealkylation sites (tertiary alicyclic amines) is 1. The van der Waals surface area contributed by atoms with Crippen LogP contribution in [0.25, 0.3) is 0 Å². The maximum atomic E-state index is 12.7. The summed E-state index contributed by atoms with van der Waals surface area (Å²) in [4.78, 5) is 38.5. The van der Waals surface area contributed by atoms with E-state index >= 15 is 0 Å². The zero-order chi connectivity index (χ0) is 22.4. The van der Waals surface area contributed by atoms with E-state index in [0.717, 1.165) is 5.56 Å². The molecule has 2 aromatic rings. The first-order valence-corrected chi connectivity index (χ1v) is 9.55. The molecule has 1 saturated heterocycles. The lowest BCUT2D eigenvalue weighted by molar-refractivity contribution is -0.169. The molecule has 1 aliphatic rings. The second-order valence-corrected chi connectivity index (χ2v) is 6.80. The molecule has 0 saturated carbocycles. The van der Waals surface area contributed by atoms with Gasteiger partial charge in [-0.2, -0.15) is 0 Å². The molecular weight excluding hydrogens is 404 g/mol. The summed E-state index contributed by atoms with van der Waals surface area (Å²) >= 11 is 0. The first kappa shape index (κ1) is 21.9. The van der Waals surface area contributed by atoms with Gasteiger partial charge in [-0.3, -0.25) is 4.79 Å². The molecule has 9 heteroatoms. The predicted molar refractivity (Wildman–Crippen MR) is 109 cm³/mol. The van der Waals surface area contributed by atoms with E-state index < -0.39 is 30.1 Å². The van der Waals surface area contributed by atoms with Gasteiger partial charge in [-0.15, -0.1) is 0 Å². The van der Waals surface area contributed by atoms with Crippen LogP contribution < -0.4 is 14.8 Å². The summed E-state index contributed by atoms with van der Waals surface area (Å²) in [5.41, 5.74) is 1.48. The molecule has 31 heavy (non-hydrogen) atoms. The van der Waals surface area contributed by atoms with Crippen molar-refractivity contribution in [3.63, 3.8) is 0 Å². The number of nitrogens with one attached hydrogen (secondary N) is 1. The molecule has 0 spiro atoms. The molecule has 0 radical (unpaired) electrons. The van der Waals surface area contributed by atoms with Crippen molar-refractivity contribution in [1.82, 2.24) is 10.2 Å². The van der Waals surface area contributed by atoms with Gasteiger partial charge in [-0.25, -0.2) is 9.59 Å². The average molecular weight is 428 g/mol. The highest BCUT2D eigenvalue weighted by atomic mass is 16.5. The molecular formula is C22H24N2O7. The second kappa shape index (κ2) is 9.84. The van der Waals surface area contributed by atoms with Crippen LogP contribution in [0.2, 0.25) is 0 Å². The van der Waals surface area contributed by atoms with Crippen molar-refractivity contribution in [3.05, 3.63) is 59.7 Å². The van der Waals surface area contributed by atoms with Gasteiger partial charge < -0.3 is 29.2 Å². The molecule has 2 amide bonds. The molecule has 9 nitrogen and oxygen atoms in total. The van der Waals surface area contributed by atoms with E-state index in [1.54, 1.807) is 18.2 Å². The third-order valence-corrected chi connectivity index (χ3v) is 4.96. The molecule has 0 aromatic heterocycles. The molecule has 0 unspecified atom stereocenters. The number of esters is 1. The molecule has 3 rings (SSSR count). The van der Waals surface area contributed by atoms with Crippen LogP contribution in [0.15, 0.2) is 48.5 Å². The van der Waals surface area contributed by atoms with Crippen molar-refractivity contribution >= 4 is 18.0 Å². The van der Waals surface area contributed by atoms with Gasteiger partial charge in [0.15, 0.2) is 6.04 Å². The Balaban J connectivity index is 1.67. The summed E-state index contributed by atoms with van der Waals surface area (Å²) in [6.45, 7) is 0.145. The lowest BCUT2D eigenvalue weighted by Crippen LogP contribution is -2.73. The molecule has 1 aliphatic heterocycles. The average Bonchev–Trinajstić information content (AvgIpc) is 2.81. The number of benzene rings is 2. The molecule has 2 aromatic carbocycles. The lowest BCUT2D eigenvalue weighted by Gasteiger charge is -2.45. The number of hydrogen-bond donors (Lipinski definition) is 1. The Labute approximate surface area is 179 Å². The number of carbonyl (C=O) groups is 3. The fourth-order valence-electron chi connectivity index (χ4n) is 3.31. The molecule has 2 atom stereocenters. The molecule has 164 valence electrons. The third kappa shape index (κ3) is 4.88. The Kier molecular flexibility index (Phi) is 6.96. The molecule has 0 aliphatic carbocycles. The third-order valence-electron chi connectivity index (χ3n) is 4.96. The van der Waals surface area contributed by atoms with Crippen LogP contribution >= 0.6 is 0 Å². The first-order chi connectivity index (χ1) is 15.0. The van der Waals surface area contributed by atoms with Gasteiger partial charge in [-0.1, -0.05) is 30.3 Å². The van der Waals surface area contributed by atoms with Gasteiger partial charge in [0.25, 0.3) is 0 Å². The van der Waals surface area contributed by atoms with E-state index in [1.807, 2.05) is 30.3 Å². The fraction of sp³-hybridized carbons (Fsp3) is 0.318. The number of methoxy groups -OCH3 is 3. The summed E-state index contributed by atoms with van der Waals surface area (Å²) in [6.07, 6.45) is -0.794. The number of amides is 2. The standard InChI is InChI=1S/C22H24N2O7/c1-28-16-10-9-15(17(11-16)29-2)12-24-19(21(26)30-3)18(20(24)25)23-22(27)31-13-14-7-5-4-6-8-14/h4-11,18-19H,12-13H2,1-3H3,(H,23,27)/t18-,19-/m1/s1. The SMILES string of the molecule is COC(=O)[C@H]1[C@@H](NC(=O)OCc2ccccc2)C(=O)N1Cc1ccc(OC)cc1OC. The van der Waals surface area contributed by atoms with Crippen LogP contribution in [-0.2, 0) is 32.2 Å². The minimum atomic E-state index is -1.07. The summed E-state index contributed by atoms with van der Waals surface area (Å²) in [5.74, 6) is 0.0422. The summed E-state index contributed by atoms with van der Waals surface area (Å²) < 4.78 is 20.5. The Bertz CT molecular complexity index is 948. The summed E-state index contributed by atoms with van der Waals surface area (Å²) in [7, 11) is 4.26. The quantitative estimate of drug-likeness (QED) is 0.506. The van der Waals surface area contributed by atoms with E-state index in [1.165, 1.54) is 26.2 Å². The van der Waals surface area contributed by atoms with Crippen LogP contribution in [0.3, 0.4) is 0 Å². The number of hydrogen-bond acceptors (Lipinski definition) is 7. The highest BCUT2D eigenvalue weighted by Crippen LogP contribution is 2.30. The summed E-state index contributed by atoms with van der Waals surface area (Å²) in [5, 5.41) is 2.46. The number of nitrogens with zero attached hydrogens (tertiary/aromatic N) is 1. The molecule has 1 N–H and O–H groups in total. The van der Waals surface area contributed by atoms with E-state index in [4.69, 9.17) is 18.9 Å². The van der Waals surface area contributed by atoms with Gasteiger partial charge in [0, 0.05) is 11.6 Å². The summed E-state index contributed by atoms with van der Waals surface area (Å²) in [6, 6.07) is 12.2. The second-order valence-electron chi connectivity index (χ2n) is 6.80. The van der Waals surface area contributed by atoms with Crippen molar-refractivity contribution in [2.75, 3.05) is 21.3 Å². The van der Waals surface area contributed by atoms with Gasteiger partial charge in [0.05, 0.1) is 27.9 Å². The molecule has 1 fully saturated rings. The molecule has 0 bridgehead atoms. The predicted octanol–water partition coefficient (Wildman–Crippen LogP) is 1.88. The van der Waals surface area contributed by atoms with E-state index in [-0.39, 0.29) is 13.2 Å². The maximum absolute atomic E-state index is 12.7. The minimum absolute atomic E-state index is 0.0449. The topological polar surface area (TPSA) is 103 Å². The van der Waals surface area contributed by atoms with Gasteiger partial charge >= 0.3 is 12.1 Å². The zero-order valence-electron chi connectivity index (χ0n) is 17.5. The number of rotatable bonds is 8. The number of carbonyl (C=O) groups excluding carboxylic acids is 3. The Morgan fingerprint density at radius 3 is 2.42 bits per heavy atom. The highest BCUT2D eigenvalue weighted by Gasteiger charge is 2.53. The number of β-lactam (4-membered cyclic amide) rings is 1. The van der Waals surface area contributed by atoms with E-state index in [2.05, 4.69) is 5.32 Å². The maximum Gasteiger partial charge on any atom is 0.408 e. The van der Waals surface area contributed by atoms with Crippen LogP contribution in [0.1, 0.15) is 11.1 Å². The zero-order valence-corrected chi connectivity index (χ0v) is 17.5. The van der Waals surface area contributed by atoms with E-state index in [9.17, 15) is 14.4 Å². The number of ether oxygens (including phenoxy) is 4. The Hall–Kier alpha value is -3.75.